The van der Waals surface area contributed by atoms with Crippen molar-refractivity contribution in [1.29, 1.82) is 0 Å². The van der Waals surface area contributed by atoms with Crippen molar-refractivity contribution in [3.63, 3.8) is 0 Å². The Morgan fingerprint density at radius 2 is 2.08 bits per heavy atom. The van der Waals surface area contributed by atoms with Crippen molar-refractivity contribution < 1.29 is 4.79 Å². The summed E-state index contributed by atoms with van der Waals surface area (Å²) in [6.45, 7) is 5.21. The number of benzene rings is 1. The topological polar surface area (TPSA) is 47.9 Å². The van der Waals surface area contributed by atoms with Crippen LogP contribution in [0.15, 0.2) is 47.1 Å². The maximum Gasteiger partial charge on any atom is 0.346 e. The summed E-state index contributed by atoms with van der Waals surface area (Å²) in [6, 6.07) is 5.81. The number of amides is 2. The van der Waals surface area contributed by atoms with Gasteiger partial charge in [0.05, 0.1) is 11.4 Å². The van der Waals surface area contributed by atoms with Crippen LogP contribution in [0.4, 0.5) is 4.79 Å². The van der Waals surface area contributed by atoms with Gasteiger partial charge in [0.1, 0.15) is 0 Å². The molecule has 1 aromatic carbocycles. The minimum atomic E-state index is -0.302. The van der Waals surface area contributed by atoms with Crippen LogP contribution in [0, 0.1) is 0 Å². The molecular formula is C19H21ClN4O. The lowest BCUT2D eigenvalue weighted by molar-refractivity contribution is 0.148. The van der Waals surface area contributed by atoms with E-state index in [0.29, 0.717) is 5.71 Å². The highest BCUT2D eigenvalue weighted by atomic mass is 35.5. The highest BCUT2D eigenvalue weighted by Crippen LogP contribution is 2.34. The molecule has 2 aliphatic heterocycles. The van der Waals surface area contributed by atoms with E-state index in [0.717, 1.165) is 49.0 Å². The molecular weight excluding hydrogens is 336 g/mol. The summed E-state index contributed by atoms with van der Waals surface area (Å²) in [7, 11) is 2.16. The molecule has 0 bridgehead atoms. The lowest BCUT2D eigenvalue weighted by Crippen LogP contribution is -2.44. The minimum Gasteiger partial charge on any atom is -0.304 e. The number of rotatable bonds is 3. The summed E-state index contributed by atoms with van der Waals surface area (Å²) in [5.74, 6) is 0.0449. The van der Waals surface area contributed by atoms with Gasteiger partial charge in [-0.15, -0.1) is 0 Å². The molecule has 1 saturated heterocycles. The summed E-state index contributed by atoms with van der Waals surface area (Å²) in [4.78, 5) is 20.2. The van der Waals surface area contributed by atoms with E-state index in [9.17, 15) is 4.79 Å². The van der Waals surface area contributed by atoms with Crippen LogP contribution in [0.2, 0.25) is 5.02 Å². The number of halogens is 1. The number of carbonyl (C=O) groups is 1. The zero-order valence-electron chi connectivity index (χ0n) is 14.2. The van der Waals surface area contributed by atoms with Crippen molar-refractivity contribution in [3.05, 3.63) is 58.3 Å². The maximum absolute atomic E-state index is 11.5. The molecule has 6 heteroatoms. The Labute approximate surface area is 152 Å². The second-order valence-corrected chi connectivity index (χ2v) is 7.19. The maximum atomic E-state index is 11.5. The second-order valence-electron chi connectivity index (χ2n) is 6.78. The molecule has 2 amide bonds. The molecule has 1 aromatic rings. The number of allylic oxidation sites excluding steroid dienone is 3. The van der Waals surface area contributed by atoms with E-state index in [1.165, 1.54) is 5.56 Å². The fourth-order valence-corrected chi connectivity index (χ4v) is 3.90. The Kier molecular flexibility index (Phi) is 4.46. The first kappa shape index (κ1) is 16.5. The third-order valence-electron chi connectivity index (χ3n) is 5.01. The number of hydrogen-bond acceptors (Lipinski definition) is 3. The molecule has 1 unspecified atom stereocenters. The standard InChI is InChI=1S/C19H21ClN4O/c1-23-7-9-24(10-8-23)12-14-3-2-4-15(20)18(14)13-5-6-16-17(11-13)22-19(25)21-16/h2-6,11,13H,7-10,12H2,1H3,(H,22,25). The SMILES string of the molecule is CN1CCN(Cc2cccc(Cl)c2C2C=CC3=NC(=O)NC3=C2)CC1. The van der Waals surface area contributed by atoms with E-state index in [4.69, 9.17) is 11.6 Å². The molecule has 1 fully saturated rings. The van der Waals surface area contributed by atoms with E-state index >= 15 is 0 Å². The molecule has 0 spiro atoms. The quantitative estimate of drug-likeness (QED) is 0.906. The van der Waals surface area contributed by atoms with Crippen molar-refractivity contribution in [2.45, 2.75) is 12.5 Å². The summed E-state index contributed by atoms with van der Waals surface area (Å²) < 4.78 is 0. The molecule has 1 N–H and O–H groups in total. The molecule has 1 aliphatic carbocycles. The molecule has 25 heavy (non-hydrogen) atoms. The van der Waals surface area contributed by atoms with Crippen molar-refractivity contribution in [2.24, 2.45) is 4.99 Å². The van der Waals surface area contributed by atoms with Gasteiger partial charge in [-0.2, -0.15) is 4.99 Å². The second kappa shape index (κ2) is 6.75. The van der Waals surface area contributed by atoms with Crippen LogP contribution >= 0.6 is 11.6 Å². The van der Waals surface area contributed by atoms with Crippen molar-refractivity contribution in [1.82, 2.24) is 15.1 Å². The van der Waals surface area contributed by atoms with Crippen molar-refractivity contribution in [2.75, 3.05) is 33.2 Å². The number of aliphatic imine (C=N–C) groups is 1. The average molecular weight is 357 g/mol. The predicted octanol–water partition coefficient (Wildman–Crippen LogP) is 2.79. The van der Waals surface area contributed by atoms with Gasteiger partial charge in [0.25, 0.3) is 0 Å². The molecule has 5 nitrogen and oxygen atoms in total. The van der Waals surface area contributed by atoms with Gasteiger partial charge in [0, 0.05) is 43.7 Å². The number of piperazine rings is 1. The zero-order valence-corrected chi connectivity index (χ0v) is 15.0. The van der Waals surface area contributed by atoms with E-state index < -0.39 is 0 Å². The Morgan fingerprint density at radius 1 is 1.28 bits per heavy atom. The fraction of sp³-hybridized carbons (Fsp3) is 0.368. The zero-order chi connectivity index (χ0) is 17.4. The van der Waals surface area contributed by atoms with Crippen molar-refractivity contribution in [3.8, 4) is 0 Å². The van der Waals surface area contributed by atoms with Crippen LogP contribution in [-0.4, -0.2) is 54.8 Å². The third-order valence-corrected chi connectivity index (χ3v) is 5.34. The normalized spacial score (nSPS) is 23.9. The predicted molar refractivity (Wildman–Crippen MR) is 100 cm³/mol. The summed E-state index contributed by atoms with van der Waals surface area (Å²) >= 11 is 6.57. The van der Waals surface area contributed by atoms with Gasteiger partial charge in [0.2, 0.25) is 0 Å². The number of fused-ring (bicyclic) bond motifs is 1. The lowest BCUT2D eigenvalue weighted by Gasteiger charge is -2.33. The molecule has 130 valence electrons. The van der Waals surface area contributed by atoms with Gasteiger partial charge in [-0.25, -0.2) is 4.79 Å². The Bertz CT molecular complexity index is 791. The largest absolute Gasteiger partial charge is 0.346 e. The van der Waals surface area contributed by atoms with Gasteiger partial charge in [0.15, 0.2) is 0 Å². The van der Waals surface area contributed by atoms with Crippen LogP contribution in [0.25, 0.3) is 0 Å². The van der Waals surface area contributed by atoms with Gasteiger partial charge in [-0.05, 0) is 36.4 Å². The van der Waals surface area contributed by atoms with Crippen molar-refractivity contribution >= 4 is 23.3 Å². The average Bonchev–Trinajstić information content (AvgIpc) is 2.96. The molecule has 2 heterocycles. The smallest absolute Gasteiger partial charge is 0.304 e. The lowest BCUT2D eigenvalue weighted by atomic mass is 9.89. The highest BCUT2D eigenvalue weighted by molar-refractivity contribution is 6.31. The molecule has 4 rings (SSSR count). The molecule has 3 aliphatic rings. The van der Waals surface area contributed by atoms with E-state index in [1.807, 2.05) is 24.3 Å². The van der Waals surface area contributed by atoms with Gasteiger partial charge in [-0.3, -0.25) is 4.90 Å². The first-order chi connectivity index (χ1) is 12.1. The Hall–Kier alpha value is -1.95. The van der Waals surface area contributed by atoms with E-state index in [-0.39, 0.29) is 11.9 Å². The Morgan fingerprint density at radius 3 is 2.88 bits per heavy atom. The number of likely N-dealkylation sites (N-methyl/N-ethyl adjacent to an activating group) is 1. The van der Waals surface area contributed by atoms with Crippen LogP contribution in [0.5, 0.6) is 0 Å². The number of urea groups is 1. The number of nitrogens with one attached hydrogen (secondary N) is 1. The molecule has 0 radical (unpaired) electrons. The number of nitrogens with zero attached hydrogens (tertiary/aromatic N) is 3. The molecule has 0 aromatic heterocycles. The minimum absolute atomic E-state index is 0.0449. The van der Waals surface area contributed by atoms with Crippen LogP contribution in [0.1, 0.15) is 17.0 Å². The van der Waals surface area contributed by atoms with Gasteiger partial charge >= 0.3 is 6.03 Å². The fourth-order valence-electron chi connectivity index (χ4n) is 3.58. The first-order valence-electron chi connectivity index (χ1n) is 8.58. The third kappa shape index (κ3) is 3.40. The number of carbonyl (C=O) groups excluding carboxylic acids is 1. The summed E-state index contributed by atoms with van der Waals surface area (Å²) in [6.07, 6.45) is 6.01. The van der Waals surface area contributed by atoms with E-state index in [1.54, 1.807) is 0 Å². The van der Waals surface area contributed by atoms with Gasteiger partial charge < -0.3 is 10.2 Å². The van der Waals surface area contributed by atoms with E-state index in [2.05, 4.69) is 39.3 Å². The molecule has 0 saturated carbocycles. The molecule has 1 atom stereocenters. The van der Waals surface area contributed by atoms with Crippen LogP contribution < -0.4 is 5.32 Å². The van der Waals surface area contributed by atoms with Gasteiger partial charge in [-0.1, -0.05) is 29.8 Å². The monoisotopic (exact) mass is 356 g/mol. The first-order valence-corrected chi connectivity index (χ1v) is 8.96. The summed E-state index contributed by atoms with van der Waals surface area (Å²) in [5.41, 5.74) is 3.84. The highest BCUT2D eigenvalue weighted by Gasteiger charge is 2.25. The van der Waals surface area contributed by atoms with Crippen LogP contribution in [-0.2, 0) is 6.54 Å². The Balaban J connectivity index is 1.61. The number of hydrogen-bond donors (Lipinski definition) is 1. The van der Waals surface area contributed by atoms with Crippen LogP contribution in [0.3, 0.4) is 0 Å². The summed E-state index contributed by atoms with van der Waals surface area (Å²) in [5, 5.41) is 3.56.